The molecule has 0 spiro atoms. The molecule has 6 N–H and O–H groups in total. The van der Waals surface area contributed by atoms with Crippen LogP contribution in [0.3, 0.4) is 0 Å². The lowest BCUT2D eigenvalue weighted by Crippen LogP contribution is -2.34. The van der Waals surface area contributed by atoms with Crippen LogP contribution >= 0.6 is 0 Å². The van der Waals surface area contributed by atoms with E-state index in [-0.39, 0.29) is 29.5 Å². The first kappa shape index (κ1) is 21.0. The molecular weight excluding hydrogens is 390 g/mol. The summed E-state index contributed by atoms with van der Waals surface area (Å²) in [5.74, 6) is -3.01. The maximum atomic E-state index is 12.2. The van der Waals surface area contributed by atoms with E-state index in [1.165, 1.54) is 31.2 Å². The summed E-state index contributed by atoms with van der Waals surface area (Å²) in [7, 11) is -3.81. The number of hydrogen-bond donors (Lipinski definition) is 6. The highest BCUT2D eigenvalue weighted by Crippen LogP contribution is 2.35. The Morgan fingerprint density at radius 1 is 0.964 bits per heavy atom. The van der Waals surface area contributed by atoms with Crippen LogP contribution in [0, 0.1) is 0 Å². The number of phenols is 3. The summed E-state index contributed by atoms with van der Waals surface area (Å²) < 4.78 is 26.7. The van der Waals surface area contributed by atoms with Crippen molar-refractivity contribution in [3.63, 3.8) is 0 Å². The van der Waals surface area contributed by atoms with Crippen molar-refractivity contribution in [2.24, 2.45) is 0 Å². The second kappa shape index (κ2) is 8.59. The summed E-state index contributed by atoms with van der Waals surface area (Å²) in [4.78, 5) is 22.9. The SMILES string of the molecule is CC(=O)Nc1ccc(S(=O)(=O)NCCNC(=O)c2cc(O)c(O)c(O)c2)cc1. The van der Waals surface area contributed by atoms with Gasteiger partial charge in [-0.25, -0.2) is 13.1 Å². The highest BCUT2D eigenvalue weighted by atomic mass is 32.2. The van der Waals surface area contributed by atoms with E-state index < -0.39 is 33.2 Å². The summed E-state index contributed by atoms with van der Waals surface area (Å²) >= 11 is 0. The second-order valence-electron chi connectivity index (χ2n) is 5.72. The number of hydrogen-bond acceptors (Lipinski definition) is 7. The fourth-order valence-corrected chi connectivity index (χ4v) is 3.23. The minimum Gasteiger partial charge on any atom is -0.504 e. The maximum absolute atomic E-state index is 12.2. The number of phenolic OH excluding ortho intramolecular Hbond substituents is 3. The number of carbonyl (C=O) groups excluding carboxylic acids is 2. The molecule has 0 radical (unpaired) electrons. The second-order valence-corrected chi connectivity index (χ2v) is 7.49. The Bertz CT molecular complexity index is 965. The van der Waals surface area contributed by atoms with E-state index in [0.717, 1.165) is 12.1 Å². The summed E-state index contributed by atoms with van der Waals surface area (Å²) in [5.41, 5.74) is 0.350. The van der Waals surface area contributed by atoms with E-state index in [1.807, 2.05) is 0 Å². The number of carbonyl (C=O) groups is 2. The van der Waals surface area contributed by atoms with Gasteiger partial charge in [0.1, 0.15) is 0 Å². The fraction of sp³-hybridized carbons (Fsp3) is 0.176. The first-order chi connectivity index (χ1) is 13.1. The number of rotatable bonds is 7. The number of benzene rings is 2. The Morgan fingerprint density at radius 2 is 1.54 bits per heavy atom. The predicted molar refractivity (Wildman–Crippen MR) is 99.7 cm³/mol. The lowest BCUT2D eigenvalue weighted by molar-refractivity contribution is -0.114. The molecular formula is C17H19N3O7S. The molecule has 28 heavy (non-hydrogen) atoms. The average Bonchev–Trinajstić information content (AvgIpc) is 2.62. The van der Waals surface area contributed by atoms with E-state index in [9.17, 15) is 33.3 Å². The smallest absolute Gasteiger partial charge is 0.251 e. The first-order valence-corrected chi connectivity index (χ1v) is 9.49. The van der Waals surface area contributed by atoms with Gasteiger partial charge in [0.2, 0.25) is 15.9 Å². The number of nitrogens with one attached hydrogen (secondary N) is 3. The van der Waals surface area contributed by atoms with Gasteiger partial charge in [-0.2, -0.15) is 0 Å². The van der Waals surface area contributed by atoms with Crippen molar-refractivity contribution in [1.29, 1.82) is 0 Å². The Morgan fingerprint density at radius 3 is 2.07 bits per heavy atom. The average molecular weight is 409 g/mol. The molecule has 0 aliphatic heterocycles. The fourth-order valence-electron chi connectivity index (χ4n) is 2.20. The zero-order valence-corrected chi connectivity index (χ0v) is 15.6. The number of aromatic hydroxyl groups is 3. The van der Waals surface area contributed by atoms with E-state index in [0.29, 0.717) is 5.69 Å². The Balaban J connectivity index is 1.90. The van der Waals surface area contributed by atoms with Crippen LogP contribution in [0.25, 0.3) is 0 Å². The predicted octanol–water partition coefficient (Wildman–Crippen LogP) is 0.470. The van der Waals surface area contributed by atoms with E-state index in [2.05, 4.69) is 15.4 Å². The molecule has 2 aromatic carbocycles. The summed E-state index contributed by atoms with van der Waals surface area (Å²) in [5, 5.41) is 33.0. The third-order valence-electron chi connectivity index (χ3n) is 3.52. The molecule has 2 amide bonds. The van der Waals surface area contributed by atoms with Gasteiger partial charge >= 0.3 is 0 Å². The largest absolute Gasteiger partial charge is 0.504 e. The monoisotopic (exact) mass is 409 g/mol. The molecule has 0 heterocycles. The van der Waals surface area contributed by atoms with Crippen molar-refractivity contribution in [2.75, 3.05) is 18.4 Å². The van der Waals surface area contributed by atoms with Crippen molar-refractivity contribution in [2.45, 2.75) is 11.8 Å². The standard InChI is InChI=1S/C17H19N3O7S/c1-10(21)20-12-2-4-13(5-3-12)28(26,27)19-7-6-18-17(25)11-8-14(22)16(24)15(23)9-11/h2-5,8-9,19,22-24H,6-7H2,1H3,(H,18,25)(H,20,21). The molecule has 11 heteroatoms. The van der Waals surface area contributed by atoms with E-state index in [4.69, 9.17) is 0 Å². The van der Waals surface area contributed by atoms with Crippen LogP contribution in [-0.2, 0) is 14.8 Å². The third-order valence-corrected chi connectivity index (χ3v) is 5.00. The van der Waals surface area contributed by atoms with Crippen molar-refractivity contribution >= 4 is 27.5 Å². The van der Waals surface area contributed by atoms with Crippen LogP contribution in [0.5, 0.6) is 17.2 Å². The quantitative estimate of drug-likeness (QED) is 0.286. The van der Waals surface area contributed by atoms with Crippen LogP contribution in [0.4, 0.5) is 5.69 Å². The van der Waals surface area contributed by atoms with Crippen molar-refractivity contribution in [3.05, 3.63) is 42.0 Å². The number of amides is 2. The van der Waals surface area contributed by atoms with Gasteiger partial charge in [0.25, 0.3) is 5.91 Å². The summed E-state index contributed by atoms with van der Waals surface area (Å²) in [6, 6.07) is 7.47. The van der Waals surface area contributed by atoms with Gasteiger partial charge < -0.3 is 26.0 Å². The maximum Gasteiger partial charge on any atom is 0.251 e. The lowest BCUT2D eigenvalue weighted by Gasteiger charge is -2.10. The van der Waals surface area contributed by atoms with Gasteiger partial charge in [-0.3, -0.25) is 9.59 Å². The topological polar surface area (TPSA) is 165 Å². The van der Waals surface area contributed by atoms with Gasteiger partial charge in [-0.15, -0.1) is 0 Å². The van der Waals surface area contributed by atoms with Crippen LogP contribution in [0.1, 0.15) is 17.3 Å². The number of anilines is 1. The van der Waals surface area contributed by atoms with E-state index in [1.54, 1.807) is 0 Å². The number of sulfonamides is 1. The Kier molecular flexibility index (Phi) is 6.44. The third kappa shape index (κ3) is 5.34. The zero-order valence-electron chi connectivity index (χ0n) is 14.8. The molecule has 0 aromatic heterocycles. The van der Waals surface area contributed by atoms with Gasteiger partial charge in [0.05, 0.1) is 4.90 Å². The van der Waals surface area contributed by atoms with Crippen LogP contribution in [0.15, 0.2) is 41.3 Å². The zero-order chi connectivity index (χ0) is 20.9. The van der Waals surface area contributed by atoms with Crippen molar-refractivity contribution in [1.82, 2.24) is 10.0 Å². The molecule has 0 saturated carbocycles. The molecule has 0 unspecified atom stereocenters. The van der Waals surface area contributed by atoms with Gasteiger partial charge in [-0.1, -0.05) is 0 Å². The first-order valence-electron chi connectivity index (χ1n) is 8.00. The van der Waals surface area contributed by atoms with E-state index >= 15 is 0 Å². The molecule has 10 nitrogen and oxygen atoms in total. The highest BCUT2D eigenvalue weighted by Gasteiger charge is 2.15. The van der Waals surface area contributed by atoms with Crippen molar-refractivity contribution in [3.8, 4) is 17.2 Å². The lowest BCUT2D eigenvalue weighted by atomic mass is 10.1. The van der Waals surface area contributed by atoms with Gasteiger partial charge in [0, 0.05) is 31.3 Å². The van der Waals surface area contributed by atoms with Crippen molar-refractivity contribution < 1.29 is 33.3 Å². The molecule has 2 rings (SSSR count). The van der Waals surface area contributed by atoms with Crippen LogP contribution in [-0.4, -0.2) is 48.6 Å². The molecule has 0 saturated heterocycles. The summed E-state index contributed by atoms with van der Waals surface area (Å²) in [6.07, 6.45) is 0. The Hall–Kier alpha value is -3.31. The molecule has 0 aliphatic rings. The highest BCUT2D eigenvalue weighted by molar-refractivity contribution is 7.89. The minimum absolute atomic E-state index is 0.0127. The van der Waals surface area contributed by atoms with Gasteiger partial charge in [-0.05, 0) is 36.4 Å². The normalized spacial score (nSPS) is 11.0. The van der Waals surface area contributed by atoms with Crippen LogP contribution in [0.2, 0.25) is 0 Å². The molecule has 0 bridgehead atoms. The molecule has 2 aromatic rings. The molecule has 0 atom stereocenters. The van der Waals surface area contributed by atoms with Gasteiger partial charge in [0.15, 0.2) is 17.2 Å². The molecule has 0 aliphatic carbocycles. The van der Waals surface area contributed by atoms with Crippen LogP contribution < -0.4 is 15.4 Å². The molecule has 150 valence electrons. The summed E-state index contributed by atoms with van der Waals surface area (Å²) in [6.45, 7) is 1.16. The minimum atomic E-state index is -3.81. The Labute approximate surface area is 160 Å². The molecule has 0 fully saturated rings.